The first-order valence-electron chi connectivity index (χ1n) is 16.6. The first kappa shape index (κ1) is 45.8. The SMILES string of the molecule is C=C(C=O)CO.C=C(C=O)CO.CCCC1CCC(c2ccc(-c3cc(F)c(-c4ccc(C(COC)COC)cc4)c(F)c3)c(F)c2)CC1.SS. The van der Waals surface area contributed by atoms with Crippen LogP contribution in [0, 0.1) is 23.4 Å². The van der Waals surface area contributed by atoms with Gasteiger partial charge in [0.15, 0.2) is 0 Å². The van der Waals surface area contributed by atoms with E-state index >= 15 is 13.2 Å². The fourth-order valence-corrected chi connectivity index (χ4v) is 5.86. The molecular weight excluding hydrogens is 698 g/mol. The van der Waals surface area contributed by atoms with Crippen molar-refractivity contribution in [3.05, 3.63) is 107 Å². The minimum Gasteiger partial charge on any atom is -0.392 e. The maximum atomic E-state index is 15.2. The van der Waals surface area contributed by atoms with Gasteiger partial charge in [-0.25, -0.2) is 13.2 Å². The number of carbonyl (C=O) groups excluding carboxylic acids is 2. The van der Waals surface area contributed by atoms with Crippen molar-refractivity contribution >= 4 is 35.9 Å². The first-order chi connectivity index (χ1) is 24.6. The van der Waals surface area contributed by atoms with Crippen LogP contribution in [0.1, 0.15) is 68.4 Å². The summed E-state index contributed by atoms with van der Waals surface area (Å²) in [5, 5.41) is 16.0. The van der Waals surface area contributed by atoms with E-state index in [1.165, 1.54) is 37.8 Å². The molecule has 1 fully saturated rings. The van der Waals surface area contributed by atoms with Crippen molar-refractivity contribution in [2.24, 2.45) is 5.92 Å². The molecule has 4 rings (SSSR count). The zero-order valence-corrected chi connectivity index (χ0v) is 31.4. The number of hydrogen-bond acceptors (Lipinski definition) is 8. The molecule has 0 atom stereocenters. The molecule has 0 radical (unpaired) electrons. The molecule has 3 aromatic carbocycles. The monoisotopic (exact) mass is 748 g/mol. The maximum absolute atomic E-state index is 15.2. The fourth-order valence-electron chi connectivity index (χ4n) is 5.86. The van der Waals surface area contributed by atoms with Crippen molar-refractivity contribution in [1.29, 1.82) is 0 Å². The Balaban J connectivity index is 0.000000790. The van der Waals surface area contributed by atoms with E-state index in [1.54, 1.807) is 38.5 Å². The van der Waals surface area contributed by atoms with Crippen LogP contribution in [0.15, 0.2) is 78.9 Å². The quantitative estimate of drug-likeness (QED) is 0.0569. The Labute approximate surface area is 311 Å². The van der Waals surface area contributed by atoms with E-state index in [-0.39, 0.29) is 47.0 Å². The van der Waals surface area contributed by atoms with Crippen LogP contribution in [0.25, 0.3) is 22.3 Å². The molecule has 0 heterocycles. The molecule has 6 nitrogen and oxygen atoms in total. The predicted octanol–water partition coefficient (Wildman–Crippen LogP) is 9.12. The molecule has 0 spiro atoms. The third-order valence-electron chi connectivity index (χ3n) is 8.51. The van der Waals surface area contributed by atoms with Gasteiger partial charge in [0.25, 0.3) is 0 Å². The van der Waals surface area contributed by atoms with Crippen LogP contribution in [0.2, 0.25) is 0 Å². The van der Waals surface area contributed by atoms with E-state index < -0.39 is 17.5 Å². The number of aliphatic hydroxyl groups excluding tert-OH is 2. The van der Waals surface area contributed by atoms with Gasteiger partial charge in [-0.05, 0) is 78.0 Å². The second-order valence-electron chi connectivity index (χ2n) is 12.2. The number of benzene rings is 3. The van der Waals surface area contributed by atoms with E-state index in [2.05, 4.69) is 43.4 Å². The van der Waals surface area contributed by atoms with Crippen LogP contribution in [-0.2, 0) is 19.1 Å². The zero-order valence-electron chi connectivity index (χ0n) is 29.6. The number of carbonyl (C=O) groups is 2. The summed E-state index contributed by atoms with van der Waals surface area (Å²) in [5.74, 6) is -0.715. The molecule has 1 saturated carbocycles. The molecule has 1 aliphatic carbocycles. The molecular formula is C40H51F3O6S2. The molecule has 51 heavy (non-hydrogen) atoms. The lowest BCUT2D eigenvalue weighted by Gasteiger charge is -2.28. The fraction of sp³-hybridized carbons (Fsp3) is 0.400. The van der Waals surface area contributed by atoms with E-state index in [0.717, 1.165) is 29.9 Å². The van der Waals surface area contributed by atoms with Gasteiger partial charge in [0.2, 0.25) is 0 Å². The molecule has 0 aliphatic heterocycles. The van der Waals surface area contributed by atoms with Gasteiger partial charge in [0.05, 0.1) is 32.0 Å². The molecule has 1 aliphatic rings. The average molecular weight is 749 g/mol. The Kier molecular flexibility index (Phi) is 23.1. The van der Waals surface area contributed by atoms with E-state index in [1.807, 2.05) is 18.2 Å². The van der Waals surface area contributed by atoms with Gasteiger partial charge < -0.3 is 19.7 Å². The first-order valence-corrected chi connectivity index (χ1v) is 18.2. The third kappa shape index (κ3) is 15.1. The molecule has 0 saturated heterocycles. The summed E-state index contributed by atoms with van der Waals surface area (Å²) < 4.78 is 56.0. The number of aldehydes is 2. The van der Waals surface area contributed by atoms with Crippen molar-refractivity contribution in [2.45, 2.75) is 57.3 Å². The summed E-state index contributed by atoms with van der Waals surface area (Å²) in [6, 6.07) is 14.6. The summed E-state index contributed by atoms with van der Waals surface area (Å²) in [7, 11) is 3.25. The van der Waals surface area contributed by atoms with Crippen LogP contribution < -0.4 is 0 Å². The van der Waals surface area contributed by atoms with Crippen molar-refractivity contribution < 1.29 is 42.4 Å². The standard InChI is InChI=1S/C32H37F3O2.2C4H6O2.H2S2/c1-4-5-21-6-8-22(9-7-21)25-14-15-28(29(33)16-25)26-17-30(34)32(31(35)18-26)24-12-10-23(11-13-24)27(19-36-2)20-37-3;2*1-4(2-5)3-6;1-2/h10-18,21-22,27H,4-9,19-20H2,1-3H3;2*2,6H,1,3H2;1-2H. The smallest absolute Gasteiger partial charge is 0.147 e. The Morgan fingerprint density at radius 1 is 0.804 bits per heavy atom. The third-order valence-corrected chi connectivity index (χ3v) is 8.51. The van der Waals surface area contributed by atoms with Crippen LogP contribution >= 0.6 is 23.3 Å². The summed E-state index contributed by atoms with van der Waals surface area (Å²) in [6.07, 6.45) is 8.02. The lowest BCUT2D eigenvalue weighted by atomic mass is 9.77. The second kappa shape index (κ2) is 25.7. The molecule has 0 aromatic heterocycles. The Morgan fingerprint density at radius 2 is 1.31 bits per heavy atom. The molecule has 0 bridgehead atoms. The number of methoxy groups -OCH3 is 2. The summed E-state index contributed by atoms with van der Waals surface area (Å²) in [5.41, 5.74) is 3.10. The Hall–Kier alpha value is -3.19. The predicted molar refractivity (Wildman–Crippen MR) is 206 cm³/mol. The number of halogens is 3. The van der Waals surface area contributed by atoms with Gasteiger partial charge in [-0.2, -0.15) is 0 Å². The van der Waals surface area contributed by atoms with E-state index in [9.17, 15) is 9.59 Å². The summed E-state index contributed by atoms with van der Waals surface area (Å²) in [6.45, 7) is 9.06. The molecule has 11 heteroatoms. The topological polar surface area (TPSA) is 93.1 Å². The van der Waals surface area contributed by atoms with E-state index in [0.29, 0.717) is 37.3 Å². The Bertz CT molecular complexity index is 1460. The molecule has 0 amide bonds. The molecule has 0 unspecified atom stereocenters. The van der Waals surface area contributed by atoms with Crippen LogP contribution in [0.5, 0.6) is 0 Å². The highest BCUT2D eigenvalue weighted by atomic mass is 33.1. The molecule has 2 N–H and O–H groups in total. The highest BCUT2D eigenvalue weighted by molar-refractivity contribution is 8.59. The number of rotatable bonds is 14. The van der Waals surface area contributed by atoms with Crippen molar-refractivity contribution in [3.63, 3.8) is 0 Å². The minimum atomic E-state index is -0.717. The van der Waals surface area contributed by atoms with Gasteiger partial charge in [-0.3, -0.25) is 9.59 Å². The Morgan fingerprint density at radius 3 is 1.71 bits per heavy atom. The molecule has 280 valence electrons. The normalized spacial score (nSPS) is 14.9. The minimum absolute atomic E-state index is 0.0263. The number of ether oxygens (including phenoxy) is 2. The number of aliphatic hydroxyl groups is 2. The zero-order chi connectivity index (χ0) is 38.3. The van der Waals surface area contributed by atoms with Gasteiger partial charge in [-0.15, -0.1) is 23.3 Å². The van der Waals surface area contributed by atoms with Crippen molar-refractivity contribution in [2.75, 3.05) is 40.6 Å². The highest BCUT2D eigenvalue weighted by Gasteiger charge is 2.23. The molecule has 3 aromatic rings. The summed E-state index contributed by atoms with van der Waals surface area (Å²) >= 11 is 6.44. The largest absolute Gasteiger partial charge is 0.392 e. The summed E-state index contributed by atoms with van der Waals surface area (Å²) in [4.78, 5) is 19.0. The average Bonchev–Trinajstić information content (AvgIpc) is 3.15. The van der Waals surface area contributed by atoms with Crippen LogP contribution in [-0.4, -0.2) is 63.4 Å². The second-order valence-corrected chi connectivity index (χ2v) is 12.2. The lowest BCUT2D eigenvalue weighted by molar-refractivity contribution is -0.106. The van der Waals surface area contributed by atoms with Crippen molar-refractivity contribution in [3.8, 4) is 22.3 Å². The van der Waals surface area contributed by atoms with Gasteiger partial charge in [0.1, 0.15) is 30.0 Å². The maximum Gasteiger partial charge on any atom is 0.147 e. The number of thiol groups is 2. The van der Waals surface area contributed by atoms with Crippen LogP contribution in [0.4, 0.5) is 13.2 Å². The van der Waals surface area contributed by atoms with Gasteiger partial charge in [-0.1, -0.05) is 69.3 Å². The highest BCUT2D eigenvalue weighted by Crippen LogP contribution is 2.39. The number of hydrogen-bond donors (Lipinski definition) is 4. The van der Waals surface area contributed by atoms with Gasteiger partial charge in [0, 0.05) is 36.8 Å². The lowest BCUT2D eigenvalue weighted by Crippen LogP contribution is -2.13. The van der Waals surface area contributed by atoms with Crippen LogP contribution in [0.3, 0.4) is 0 Å². The van der Waals surface area contributed by atoms with Gasteiger partial charge >= 0.3 is 0 Å². The van der Waals surface area contributed by atoms with Crippen molar-refractivity contribution in [1.82, 2.24) is 0 Å². The van der Waals surface area contributed by atoms with E-state index in [4.69, 9.17) is 19.7 Å².